The first-order valence-corrected chi connectivity index (χ1v) is 7.64. The molecule has 2 aromatic rings. The van der Waals surface area contributed by atoms with Gasteiger partial charge in [0.2, 0.25) is 5.91 Å². The van der Waals surface area contributed by atoms with Gasteiger partial charge in [0.1, 0.15) is 0 Å². The van der Waals surface area contributed by atoms with E-state index in [1.54, 1.807) is 0 Å². The van der Waals surface area contributed by atoms with Crippen LogP contribution in [-0.2, 0) is 11.2 Å². The van der Waals surface area contributed by atoms with Crippen LogP contribution in [0, 0.1) is 18.8 Å². The van der Waals surface area contributed by atoms with Crippen LogP contribution in [-0.4, -0.2) is 26.5 Å². The van der Waals surface area contributed by atoms with Crippen molar-refractivity contribution in [1.29, 1.82) is 0 Å². The minimum Gasteiger partial charge on any atom is -0.377 e. The molecule has 2 aromatic carbocycles. The molecule has 0 fully saturated rings. The number of carbonyl (C=O) groups is 1. The SMILES string of the molecule is Cc1cccc(CC(=O)NCC#Cc2ccccc2N(C)C)c1. The number of benzene rings is 2. The maximum absolute atomic E-state index is 11.9. The second kappa shape index (κ2) is 8.05. The van der Waals surface area contributed by atoms with Gasteiger partial charge in [-0.05, 0) is 24.6 Å². The summed E-state index contributed by atoms with van der Waals surface area (Å²) in [5.41, 5.74) is 4.22. The van der Waals surface area contributed by atoms with Crippen molar-refractivity contribution in [2.45, 2.75) is 13.3 Å². The van der Waals surface area contributed by atoms with Crippen LogP contribution in [0.1, 0.15) is 16.7 Å². The molecule has 1 N–H and O–H groups in total. The highest BCUT2D eigenvalue weighted by Gasteiger charge is 2.02. The van der Waals surface area contributed by atoms with Crippen LogP contribution < -0.4 is 10.2 Å². The zero-order chi connectivity index (χ0) is 16.7. The Bertz CT molecular complexity index is 739. The predicted molar refractivity (Wildman–Crippen MR) is 95.5 cm³/mol. The molecule has 0 atom stereocenters. The van der Waals surface area contributed by atoms with Gasteiger partial charge in [-0.3, -0.25) is 4.79 Å². The Kier molecular flexibility index (Phi) is 5.82. The Morgan fingerprint density at radius 3 is 2.65 bits per heavy atom. The fourth-order valence-corrected chi connectivity index (χ4v) is 2.32. The molecule has 3 nitrogen and oxygen atoms in total. The van der Waals surface area contributed by atoms with E-state index in [4.69, 9.17) is 0 Å². The standard InChI is InChI=1S/C20H22N2O/c1-16-8-6-9-17(14-16)15-20(23)21-13-7-11-18-10-4-5-12-19(18)22(2)3/h4-6,8-10,12,14H,13,15H2,1-3H3,(H,21,23). The monoisotopic (exact) mass is 306 g/mol. The van der Waals surface area contributed by atoms with Gasteiger partial charge >= 0.3 is 0 Å². The molecule has 0 aromatic heterocycles. The lowest BCUT2D eigenvalue weighted by Crippen LogP contribution is -2.25. The first-order chi connectivity index (χ1) is 11.1. The Hall–Kier alpha value is -2.73. The second-order valence-electron chi connectivity index (χ2n) is 5.66. The largest absolute Gasteiger partial charge is 0.377 e. The molecule has 0 heterocycles. The fourth-order valence-electron chi connectivity index (χ4n) is 2.32. The van der Waals surface area contributed by atoms with Crippen LogP contribution in [0.25, 0.3) is 0 Å². The van der Waals surface area contributed by atoms with Crippen molar-refractivity contribution in [1.82, 2.24) is 5.32 Å². The highest BCUT2D eigenvalue weighted by atomic mass is 16.1. The molecule has 0 saturated heterocycles. The number of nitrogens with one attached hydrogen (secondary N) is 1. The molecule has 0 aliphatic rings. The Morgan fingerprint density at radius 2 is 1.91 bits per heavy atom. The molecule has 1 amide bonds. The number of rotatable bonds is 4. The maximum atomic E-state index is 11.9. The summed E-state index contributed by atoms with van der Waals surface area (Å²) in [5.74, 6) is 6.12. The van der Waals surface area contributed by atoms with Crippen molar-refractivity contribution in [3.63, 3.8) is 0 Å². The van der Waals surface area contributed by atoms with Gasteiger partial charge in [0.05, 0.1) is 18.7 Å². The lowest BCUT2D eigenvalue weighted by molar-refractivity contribution is -0.120. The lowest BCUT2D eigenvalue weighted by atomic mass is 10.1. The molecule has 118 valence electrons. The normalized spacial score (nSPS) is 9.70. The molecule has 23 heavy (non-hydrogen) atoms. The molecule has 0 saturated carbocycles. The van der Waals surface area contributed by atoms with Gasteiger partial charge < -0.3 is 10.2 Å². The third-order valence-electron chi connectivity index (χ3n) is 3.43. The third kappa shape index (κ3) is 5.19. The van der Waals surface area contributed by atoms with Gasteiger partial charge in [-0.25, -0.2) is 0 Å². The smallest absolute Gasteiger partial charge is 0.225 e. The lowest BCUT2D eigenvalue weighted by Gasteiger charge is -2.13. The molecule has 0 aliphatic carbocycles. The molecule has 3 heteroatoms. The molecular weight excluding hydrogens is 284 g/mol. The molecule has 0 aliphatic heterocycles. The number of hydrogen-bond donors (Lipinski definition) is 1. The van der Waals surface area contributed by atoms with Gasteiger partial charge in [0.15, 0.2) is 0 Å². The van der Waals surface area contributed by atoms with Crippen LogP contribution in [0.5, 0.6) is 0 Å². The third-order valence-corrected chi connectivity index (χ3v) is 3.43. The van der Waals surface area contributed by atoms with Gasteiger partial charge in [0, 0.05) is 19.7 Å². The van der Waals surface area contributed by atoms with E-state index in [2.05, 4.69) is 17.2 Å². The topological polar surface area (TPSA) is 32.3 Å². The van der Waals surface area contributed by atoms with Crippen molar-refractivity contribution in [3.8, 4) is 11.8 Å². The zero-order valence-electron chi connectivity index (χ0n) is 13.9. The number of para-hydroxylation sites is 1. The van der Waals surface area contributed by atoms with Crippen molar-refractivity contribution in [2.75, 3.05) is 25.5 Å². The summed E-state index contributed by atoms with van der Waals surface area (Å²) < 4.78 is 0. The number of carbonyl (C=O) groups excluding carboxylic acids is 1. The first kappa shape index (κ1) is 16.6. The average molecular weight is 306 g/mol. The summed E-state index contributed by atoms with van der Waals surface area (Å²) >= 11 is 0. The van der Waals surface area contributed by atoms with Crippen LogP contribution in [0.15, 0.2) is 48.5 Å². The fraction of sp³-hybridized carbons (Fsp3) is 0.250. The Balaban J connectivity index is 1.89. The highest BCUT2D eigenvalue weighted by molar-refractivity contribution is 5.78. The van der Waals surface area contributed by atoms with E-state index < -0.39 is 0 Å². The summed E-state index contributed by atoms with van der Waals surface area (Å²) in [4.78, 5) is 14.0. The molecule has 0 spiro atoms. The summed E-state index contributed by atoms with van der Waals surface area (Å²) in [6, 6.07) is 15.9. The van der Waals surface area contributed by atoms with Crippen molar-refractivity contribution in [2.24, 2.45) is 0 Å². The van der Waals surface area contributed by atoms with Gasteiger partial charge in [-0.2, -0.15) is 0 Å². The molecule has 0 radical (unpaired) electrons. The van der Waals surface area contributed by atoms with E-state index in [1.807, 2.05) is 74.4 Å². The van der Waals surface area contributed by atoms with Crippen molar-refractivity contribution < 1.29 is 4.79 Å². The average Bonchev–Trinajstić information content (AvgIpc) is 2.52. The summed E-state index contributed by atoms with van der Waals surface area (Å²) in [6.45, 7) is 2.38. The summed E-state index contributed by atoms with van der Waals surface area (Å²) in [7, 11) is 3.98. The van der Waals surface area contributed by atoms with Crippen molar-refractivity contribution >= 4 is 11.6 Å². The van der Waals surface area contributed by atoms with Crippen LogP contribution >= 0.6 is 0 Å². The summed E-state index contributed by atoms with van der Waals surface area (Å²) in [6.07, 6.45) is 0.387. The number of anilines is 1. The van der Waals surface area contributed by atoms with Crippen molar-refractivity contribution in [3.05, 3.63) is 65.2 Å². The van der Waals surface area contributed by atoms with Crippen LogP contribution in [0.2, 0.25) is 0 Å². The van der Waals surface area contributed by atoms with E-state index in [0.29, 0.717) is 13.0 Å². The molecular formula is C20H22N2O. The van der Waals surface area contributed by atoms with Crippen LogP contribution in [0.3, 0.4) is 0 Å². The Morgan fingerprint density at radius 1 is 1.13 bits per heavy atom. The molecule has 2 rings (SSSR count). The Labute approximate surface area is 138 Å². The van der Waals surface area contributed by atoms with E-state index >= 15 is 0 Å². The van der Waals surface area contributed by atoms with Crippen LogP contribution in [0.4, 0.5) is 5.69 Å². The van der Waals surface area contributed by atoms with E-state index in [9.17, 15) is 4.79 Å². The second-order valence-corrected chi connectivity index (χ2v) is 5.66. The van der Waals surface area contributed by atoms with Gasteiger partial charge in [-0.1, -0.05) is 53.8 Å². The van der Waals surface area contributed by atoms with Gasteiger partial charge in [-0.15, -0.1) is 0 Å². The summed E-state index contributed by atoms with van der Waals surface area (Å²) in [5, 5.41) is 2.84. The maximum Gasteiger partial charge on any atom is 0.225 e. The zero-order valence-corrected chi connectivity index (χ0v) is 13.9. The number of hydrogen-bond acceptors (Lipinski definition) is 2. The van der Waals surface area contributed by atoms with Gasteiger partial charge in [0.25, 0.3) is 0 Å². The molecule has 0 bridgehead atoms. The van der Waals surface area contributed by atoms with E-state index in [0.717, 1.165) is 22.4 Å². The quantitative estimate of drug-likeness (QED) is 0.881. The highest BCUT2D eigenvalue weighted by Crippen LogP contribution is 2.16. The first-order valence-electron chi connectivity index (χ1n) is 7.64. The molecule has 0 unspecified atom stereocenters. The minimum absolute atomic E-state index is 0.00852. The van der Waals surface area contributed by atoms with E-state index in [-0.39, 0.29) is 5.91 Å². The minimum atomic E-state index is -0.00852. The number of nitrogens with zero attached hydrogens (tertiary/aromatic N) is 1. The number of amides is 1. The predicted octanol–water partition coefficient (Wildman–Crippen LogP) is 2.77. The number of aryl methyl sites for hydroxylation is 1. The van der Waals surface area contributed by atoms with E-state index in [1.165, 1.54) is 0 Å².